The number of hydrogen-bond acceptors (Lipinski definition) is 3. The number of methoxy groups -OCH3 is 1. The Bertz CT molecular complexity index is 254. The summed E-state index contributed by atoms with van der Waals surface area (Å²) in [5.41, 5.74) is 0. The van der Waals surface area contributed by atoms with E-state index in [1.54, 1.807) is 7.11 Å². The van der Waals surface area contributed by atoms with Gasteiger partial charge in [-0.2, -0.15) is 0 Å². The molecule has 1 fully saturated rings. The molecular weight excluding hydrogens is 228 g/mol. The molecule has 0 saturated carbocycles. The number of carbonyl (C=O) groups is 1. The zero-order valence-corrected chi connectivity index (χ0v) is 12.2. The molecule has 0 aromatic rings. The van der Waals surface area contributed by atoms with Crippen LogP contribution in [-0.4, -0.2) is 49.7 Å². The molecule has 0 aliphatic carbocycles. The maximum absolute atomic E-state index is 12.4. The maximum atomic E-state index is 12.4. The first-order valence-electron chi connectivity index (χ1n) is 7.21. The number of amides is 1. The molecule has 1 aliphatic rings. The summed E-state index contributed by atoms with van der Waals surface area (Å²) in [5, 5.41) is 3.27. The summed E-state index contributed by atoms with van der Waals surface area (Å²) in [6.07, 6.45) is 3.26. The van der Waals surface area contributed by atoms with Crippen LogP contribution in [0.5, 0.6) is 0 Å². The first kappa shape index (κ1) is 15.4. The minimum absolute atomic E-state index is 0.0516. The molecule has 0 bridgehead atoms. The molecule has 4 nitrogen and oxygen atoms in total. The van der Waals surface area contributed by atoms with Crippen molar-refractivity contribution in [1.82, 2.24) is 10.2 Å². The van der Waals surface area contributed by atoms with Gasteiger partial charge in [0.05, 0.1) is 12.1 Å². The van der Waals surface area contributed by atoms with Gasteiger partial charge in [-0.3, -0.25) is 4.79 Å². The van der Waals surface area contributed by atoms with Crippen LogP contribution in [0.15, 0.2) is 0 Å². The van der Waals surface area contributed by atoms with Crippen molar-refractivity contribution < 1.29 is 9.53 Å². The second kappa shape index (κ2) is 7.74. The van der Waals surface area contributed by atoms with Crippen LogP contribution in [0.2, 0.25) is 0 Å². The fourth-order valence-electron chi connectivity index (χ4n) is 2.52. The van der Waals surface area contributed by atoms with Crippen LogP contribution in [0.1, 0.15) is 40.0 Å². The van der Waals surface area contributed by atoms with Gasteiger partial charge in [-0.1, -0.05) is 26.7 Å². The van der Waals surface area contributed by atoms with E-state index in [0.717, 1.165) is 38.9 Å². The quantitative estimate of drug-likeness (QED) is 0.753. The van der Waals surface area contributed by atoms with E-state index in [-0.39, 0.29) is 18.1 Å². The molecule has 1 amide bonds. The van der Waals surface area contributed by atoms with Crippen molar-refractivity contribution in [1.29, 1.82) is 0 Å². The Balaban J connectivity index is 2.51. The predicted molar refractivity (Wildman–Crippen MR) is 73.5 cm³/mol. The summed E-state index contributed by atoms with van der Waals surface area (Å²) in [5.74, 6) is 0.859. The van der Waals surface area contributed by atoms with Gasteiger partial charge in [0.1, 0.15) is 0 Å². The minimum atomic E-state index is -0.0516. The molecule has 18 heavy (non-hydrogen) atoms. The number of rotatable bonds is 7. The van der Waals surface area contributed by atoms with Crippen molar-refractivity contribution in [3.63, 3.8) is 0 Å². The zero-order valence-electron chi connectivity index (χ0n) is 12.2. The summed E-state index contributed by atoms with van der Waals surface area (Å²) >= 11 is 0. The molecule has 1 N–H and O–H groups in total. The molecule has 1 aliphatic heterocycles. The monoisotopic (exact) mass is 256 g/mol. The van der Waals surface area contributed by atoms with Crippen LogP contribution < -0.4 is 5.32 Å². The van der Waals surface area contributed by atoms with Gasteiger partial charge < -0.3 is 15.0 Å². The van der Waals surface area contributed by atoms with Crippen molar-refractivity contribution in [2.24, 2.45) is 5.92 Å². The lowest BCUT2D eigenvalue weighted by Gasteiger charge is -2.28. The third kappa shape index (κ3) is 3.95. The van der Waals surface area contributed by atoms with Gasteiger partial charge in [0.15, 0.2) is 0 Å². The highest BCUT2D eigenvalue weighted by molar-refractivity contribution is 5.82. The molecule has 4 heteroatoms. The number of likely N-dealkylation sites (N-methyl/N-ethyl adjacent to an activating group) is 1. The fourth-order valence-corrected chi connectivity index (χ4v) is 2.52. The third-order valence-electron chi connectivity index (χ3n) is 4.05. The lowest BCUT2D eigenvalue weighted by atomic mass is 10.0. The van der Waals surface area contributed by atoms with E-state index in [4.69, 9.17) is 4.74 Å². The molecule has 1 rings (SSSR count). The largest absolute Gasteiger partial charge is 0.380 e. The Morgan fingerprint density at radius 2 is 2.06 bits per heavy atom. The van der Waals surface area contributed by atoms with E-state index in [2.05, 4.69) is 26.1 Å². The first-order chi connectivity index (χ1) is 8.65. The van der Waals surface area contributed by atoms with Gasteiger partial charge in [-0.15, -0.1) is 0 Å². The molecule has 0 spiro atoms. The number of nitrogens with one attached hydrogen (secondary N) is 1. The van der Waals surface area contributed by atoms with Crippen LogP contribution in [0.4, 0.5) is 0 Å². The van der Waals surface area contributed by atoms with Crippen LogP contribution in [0.3, 0.4) is 0 Å². The number of nitrogens with zero attached hydrogens (tertiary/aromatic N) is 1. The fraction of sp³-hybridized carbons (Fsp3) is 0.929. The summed E-state index contributed by atoms with van der Waals surface area (Å²) in [4.78, 5) is 14.4. The van der Waals surface area contributed by atoms with Crippen molar-refractivity contribution in [2.75, 3.05) is 26.7 Å². The Morgan fingerprint density at radius 3 is 2.50 bits per heavy atom. The average molecular weight is 256 g/mol. The number of ether oxygens (including phenoxy) is 1. The SMILES string of the molecule is CCC(CC)CN(CC)C(=O)C1CC(OC)CN1. The van der Waals surface area contributed by atoms with Gasteiger partial charge in [0, 0.05) is 26.7 Å². The highest BCUT2D eigenvalue weighted by atomic mass is 16.5. The summed E-state index contributed by atoms with van der Waals surface area (Å²) in [6, 6.07) is -0.0516. The van der Waals surface area contributed by atoms with Gasteiger partial charge in [0.25, 0.3) is 0 Å². The number of carbonyl (C=O) groups excluding carboxylic acids is 1. The molecule has 0 aromatic heterocycles. The Labute approximate surface area is 111 Å². The van der Waals surface area contributed by atoms with Crippen molar-refractivity contribution in [2.45, 2.75) is 52.2 Å². The lowest BCUT2D eigenvalue weighted by Crippen LogP contribution is -2.45. The molecule has 106 valence electrons. The minimum Gasteiger partial charge on any atom is -0.380 e. The highest BCUT2D eigenvalue weighted by Gasteiger charge is 2.32. The smallest absolute Gasteiger partial charge is 0.239 e. The topological polar surface area (TPSA) is 41.6 Å². The van der Waals surface area contributed by atoms with Crippen molar-refractivity contribution in [3.8, 4) is 0 Å². The summed E-state index contributed by atoms with van der Waals surface area (Å²) in [7, 11) is 1.71. The standard InChI is InChI=1S/C14H28N2O2/c1-5-11(6-2)10-16(7-3)14(17)13-8-12(18-4)9-15-13/h11-13,15H,5-10H2,1-4H3. The second-order valence-electron chi connectivity index (χ2n) is 5.11. The molecule has 2 unspecified atom stereocenters. The van der Waals surface area contributed by atoms with E-state index < -0.39 is 0 Å². The van der Waals surface area contributed by atoms with Crippen LogP contribution in [-0.2, 0) is 9.53 Å². The van der Waals surface area contributed by atoms with Crippen LogP contribution in [0.25, 0.3) is 0 Å². The predicted octanol–water partition coefficient (Wildman–Crippen LogP) is 1.65. The molecule has 0 aromatic carbocycles. The normalized spacial score (nSPS) is 23.6. The van der Waals surface area contributed by atoms with Crippen molar-refractivity contribution >= 4 is 5.91 Å². The Morgan fingerprint density at radius 1 is 1.39 bits per heavy atom. The Hall–Kier alpha value is -0.610. The third-order valence-corrected chi connectivity index (χ3v) is 4.05. The van der Waals surface area contributed by atoms with E-state index in [1.807, 2.05) is 4.90 Å². The highest BCUT2D eigenvalue weighted by Crippen LogP contribution is 2.15. The Kier molecular flexibility index (Phi) is 6.65. The van der Waals surface area contributed by atoms with E-state index >= 15 is 0 Å². The van der Waals surface area contributed by atoms with E-state index in [1.165, 1.54) is 0 Å². The first-order valence-corrected chi connectivity index (χ1v) is 7.21. The van der Waals surface area contributed by atoms with Crippen LogP contribution >= 0.6 is 0 Å². The van der Waals surface area contributed by atoms with Crippen LogP contribution in [0, 0.1) is 5.92 Å². The van der Waals surface area contributed by atoms with Crippen molar-refractivity contribution in [3.05, 3.63) is 0 Å². The van der Waals surface area contributed by atoms with Gasteiger partial charge in [0.2, 0.25) is 5.91 Å². The average Bonchev–Trinajstić information content (AvgIpc) is 2.88. The van der Waals surface area contributed by atoms with Gasteiger partial charge >= 0.3 is 0 Å². The van der Waals surface area contributed by atoms with Gasteiger partial charge in [-0.25, -0.2) is 0 Å². The van der Waals surface area contributed by atoms with E-state index in [0.29, 0.717) is 5.92 Å². The maximum Gasteiger partial charge on any atom is 0.239 e. The summed E-state index contributed by atoms with van der Waals surface area (Å²) < 4.78 is 5.30. The molecule has 0 radical (unpaired) electrons. The zero-order chi connectivity index (χ0) is 13.5. The molecule has 1 saturated heterocycles. The van der Waals surface area contributed by atoms with Gasteiger partial charge in [-0.05, 0) is 19.3 Å². The lowest BCUT2D eigenvalue weighted by molar-refractivity contribution is -0.133. The summed E-state index contributed by atoms with van der Waals surface area (Å²) in [6.45, 7) is 8.92. The second-order valence-corrected chi connectivity index (χ2v) is 5.11. The molecule has 1 heterocycles. The van der Waals surface area contributed by atoms with E-state index in [9.17, 15) is 4.79 Å². The number of hydrogen-bond donors (Lipinski definition) is 1. The molecular formula is C14H28N2O2. The molecule has 2 atom stereocenters.